The number of ether oxygens (including phenoxy) is 1. The standard InChI is InChI=1S/C13H22N4O6/c1-13(2,3)23-12(22)14-5-4-9-10(11(20)21)15-16-17(9)6-8(19)7-18/h8,18-19H,4-7H2,1-3H3,(H,14,22)(H,20,21). The Morgan fingerprint density at radius 1 is 1.39 bits per heavy atom. The first-order valence-corrected chi connectivity index (χ1v) is 7.05. The predicted molar refractivity (Wildman–Crippen MR) is 78.0 cm³/mol. The monoisotopic (exact) mass is 330 g/mol. The van der Waals surface area contributed by atoms with Crippen LogP contribution in [0.1, 0.15) is 37.0 Å². The number of aliphatic hydroxyl groups excluding tert-OH is 2. The lowest BCUT2D eigenvalue weighted by Gasteiger charge is -2.19. The molecule has 0 aliphatic heterocycles. The van der Waals surface area contributed by atoms with Gasteiger partial charge in [0.25, 0.3) is 0 Å². The van der Waals surface area contributed by atoms with Crippen molar-refractivity contribution in [3.8, 4) is 0 Å². The summed E-state index contributed by atoms with van der Waals surface area (Å²) in [5.74, 6) is -1.26. The molecule has 1 rings (SSSR count). The van der Waals surface area contributed by atoms with Crippen LogP contribution >= 0.6 is 0 Å². The molecule has 0 bridgehead atoms. The van der Waals surface area contributed by atoms with Gasteiger partial charge in [0.2, 0.25) is 0 Å². The van der Waals surface area contributed by atoms with Crippen molar-refractivity contribution in [2.24, 2.45) is 0 Å². The number of carboxylic acids is 1. The van der Waals surface area contributed by atoms with Crippen molar-refractivity contribution < 1.29 is 29.6 Å². The van der Waals surface area contributed by atoms with Crippen molar-refractivity contribution in [2.45, 2.75) is 45.4 Å². The smallest absolute Gasteiger partial charge is 0.407 e. The molecule has 130 valence electrons. The van der Waals surface area contributed by atoms with Crippen LogP contribution in [0.3, 0.4) is 0 Å². The average Bonchev–Trinajstić information content (AvgIpc) is 2.79. The Balaban J connectivity index is 2.72. The summed E-state index contributed by atoms with van der Waals surface area (Å²) in [5.41, 5.74) is -0.660. The Morgan fingerprint density at radius 3 is 2.57 bits per heavy atom. The molecule has 0 fully saturated rings. The number of amides is 1. The molecule has 1 aromatic rings. The molecule has 1 heterocycles. The Hall–Kier alpha value is -2.20. The van der Waals surface area contributed by atoms with E-state index >= 15 is 0 Å². The van der Waals surface area contributed by atoms with E-state index in [0.717, 1.165) is 0 Å². The van der Waals surface area contributed by atoms with Gasteiger partial charge in [-0.1, -0.05) is 5.21 Å². The maximum atomic E-state index is 11.6. The molecule has 10 nitrogen and oxygen atoms in total. The first kappa shape index (κ1) is 18.8. The number of aromatic nitrogens is 3. The van der Waals surface area contributed by atoms with Crippen LogP contribution in [0.15, 0.2) is 0 Å². The topological polar surface area (TPSA) is 147 Å². The molecule has 23 heavy (non-hydrogen) atoms. The van der Waals surface area contributed by atoms with Crippen molar-refractivity contribution in [3.63, 3.8) is 0 Å². The van der Waals surface area contributed by atoms with E-state index in [2.05, 4.69) is 15.6 Å². The molecule has 1 aromatic heterocycles. The fourth-order valence-electron chi connectivity index (χ4n) is 1.75. The van der Waals surface area contributed by atoms with Gasteiger partial charge in [0.15, 0.2) is 5.69 Å². The third kappa shape index (κ3) is 6.20. The summed E-state index contributed by atoms with van der Waals surface area (Å²) in [5, 5.41) is 37.1. The van der Waals surface area contributed by atoms with Crippen molar-refractivity contribution in [2.75, 3.05) is 13.2 Å². The number of alkyl carbamates (subject to hydrolysis) is 1. The van der Waals surface area contributed by atoms with Gasteiger partial charge < -0.3 is 25.4 Å². The second kappa shape index (κ2) is 7.88. The summed E-state index contributed by atoms with van der Waals surface area (Å²) >= 11 is 0. The third-order valence-electron chi connectivity index (χ3n) is 2.66. The molecule has 0 saturated carbocycles. The largest absolute Gasteiger partial charge is 0.476 e. The van der Waals surface area contributed by atoms with Crippen LogP contribution in [0.2, 0.25) is 0 Å². The van der Waals surface area contributed by atoms with Crippen LogP contribution in [-0.4, -0.2) is 67.2 Å². The summed E-state index contributed by atoms with van der Waals surface area (Å²) in [6.45, 7) is 4.70. The highest BCUT2D eigenvalue weighted by Crippen LogP contribution is 2.09. The minimum absolute atomic E-state index is 0.0987. The van der Waals surface area contributed by atoms with Crippen molar-refractivity contribution in [1.29, 1.82) is 0 Å². The number of carboxylic acid groups (broad SMARTS) is 1. The van der Waals surface area contributed by atoms with Crippen LogP contribution in [0.5, 0.6) is 0 Å². The van der Waals surface area contributed by atoms with Gasteiger partial charge >= 0.3 is 12.1 Å². The quantitative estimate of drug-likeness (QED) is 0.518. The van der Waals surface area contributed by atoms with Crippen molar-refractivity contribution >= 4 is 12.1 Å². The zero-order valence-corrected chi connectivity index (χ0v) is 13.3. The SMILES string of the molecule is CC(C)(C)OC(=O)NCCc1c(C(=O)O)nnn1CC(O)CO. The lowest BCUT2D eigenvalue weighted by molar-refractivity contribution is 0.0527. The lowest BCUT2D eigenvalue weighted by atomic mass is 10.2. The van der Waals surface area contributed by atoms with E-state index in [9.17, 15) is 14.7 Å². The van der Waals surface area contributed by atoms with Gasteiger partial charge in [0, 0.05) is 13.0 Å². The van der Waals surface area contributed by atoms with Crippen LogP contribution in [0, 0.1) is 0 Å². The van der Waals surface area contributed by atoms with E-state index in [1.165, 1.54) is 4.68 Å². The summed E-state index contributed by atoms with van der Waals surface area (Å²) in [6.07, 6.45) is -1.58. The predicted octanol–water partition coefficient (Wildman–Crippen LogP) is -0.603. The number of carbonyl (C=O) groups is 2. The van der Waals surface area contributed by atoms with E-state index in [0.29, 0.717) is 0 Å². The molecule has 1 unspecified atom stereocenters. The van der Waals surface area contributed by atoms with Gasteiger partial charge in [-0.05, 0) is 20.8 Å². The minimum Gasteiger partial charge on any atom is -0.476 e. The Kier molecular flexibility index (Phi) is 6.46. The molecule has 1 atom stereocenters. The molecule has 1 amide bonds. The molecular formula is C13H22N4O6. The van der Waals surface area contributed by atoms with Gasteiger partial charge in [-0.25, -0.2) is 14.3 Å². The minimum atomic E-state index is -1.26. The first-order valence-electron chi connectivity index (χ1n) is 7.05. The lowest BCUT2D eigenvalue weighted by Crippen LogP contribution is -2.34. The summed E-state index contributed by atoms with van der Waals surface area (Å²) in [4.78, 5) is 22.7. The second-order valence-electron chi connectivity index (χ2n) is 5.89. The zero-order valence-electron chi connectivity index (χ0n) is 13.3. The number of aromatic carboxylic acids is 1. The van der Waals surface area contributed by atoms with Gasteiger partial charge in [-0.15, -0.1) is 5.10 Å². The summed E-state index contributed by atoms with van der Waals surface area (Å²) in [6, 6.07) is 0. The molecule has 0 radical (unpaired) electrons. The number of carbonyl (C=O) groups excluding carboxylic acids is 1. The number of hydrogen-bond donors (Lipinski definition) is 4. The number of nitrogens with one attached hydrogen (secondary N) is 1. The average molecular weight is 330 g/mol. The molecule has 10 heteroatoms. The maximum absolute atomic E-state index is 11.6. The zero-order chi connectivity index (χ0) is 17.6. The highest BCUT2D eigenvalue weighted by molar-refractivity contribution is 5.86. The molecule has 0 aromatic carbocycles. The molecule has 0 saturated heterocycles. The van der Waals surface area contributed by atoms with Gasteiger partial charge in [-0.3, -0.25) is 0 Å². The molecular weight excluding hydrogens is 308 g/mol. The molecule has 4 N–H and O–H groups in total. The molecule has 0 aliphatic rings. The fourth-order valence-corrected chi connectivity index (χ4v) is 1.75. The molecule has 0 aliphatic carbocycles. The van der Waals surface area contributed by atoms with Gasteiger partial charge in [-0.2, -0.15) is 0 Å². The highest BCUT2D eigenvalue weighted by atomic mass is 16.6. The molecule has 0 spiro atoms. The Morgan fingerprint density at radius 2 is 2.04 bits per heavy atom. The maximum Gasteiger partial charge on any atom is 0.407 e. The van der Waals surface area contributed by atoms with Gasteiger partial charge in [0.1, 0.15) is 5.60 Å². The number of rotatable bonds is 7. The third-order valence-corrected chi connectivity index (χ3v) is 2.66. The van der Waals surface area contributed by atoms with Crippen LogP contribution in [0.4, 0.5) is 4.79 Å². The van der Waals surface area contributed by atoms with Crippen LogP contribution in [0.25, 0.3) is 0 Å². The number of aliphatic hydroxyl groups is 2. The van der Waals surface area contributed by atoms with E-state index in [1.807, 2.05) is 0 Å². The van der Waals surface area contributed by atoms with Crippen LogP contribution in [-0.2, 0) is 17.7 Å². The Bertz CT molecular complexity index is 551. The summed E-state index contributed by atoms with van der Waals surface area (Å²) in [7, 11) is 0. The normalized spacial score (nSPS) is 12.7. The van der Waals surface area contributed by atoms with E-state index < -0.39 is 30.4 Å². The van der Waals surface area contributed by atoms with Crippen molar-refractivity contribution in [1.82, 2.24) is 20.3 Å². The first-order chi connectivity index (χ1) is 10.6. The number of hydrogen-bond acceptors (Lipinski definition) is 7. The van der Waals surface area contributed by atoms with Gasteiger partial charge in [0.05, 0.1) is 24.9 Å². The highest BCUT2D eigenvalue weighted by Gasteiger charge is 2.21. The fraction of sp³-hybridized carbons (Fsp3) is 0.692. The van der Waals surface area contributed by atoms with E-state index in [1.54, 1.807) is 20.8 Å². The number of nitrogens with zero attached hydrogens (tertiary/aromatic N) is 3. The van der Waals surface area contributed by atoms with Crippen molar-refractivity contribution in [3.05, 3.63) is 11.4 Å². The van der Waals surface area contributed by atoms with Crippen LogP contribution < -0.4 is 5.32 Å². The summed E-state index contributed by atoms with van der Waals surface area (Å²) < 4.78 is 6.27. The van der Waals surface area contributed by atoms with E-state index in [-0.39, 0.29) is 30.9 Å². The van der Waals surface area contributed by atoms with E-state index in [4.69, 9.17) is 14.9 Å². The second-order valence-corrected chi connectivity index (χ2v) is 5.89. The Labute approximate surface area is 133 Å².